The van der Waals surface area contributed by atoms with Crippen molar-refractivity contribution in [2.45, 2.75) is 19.9 Å². The third-order valence-electron chi connectivity index (χ3n) is 2.37. The molecule has 0 saturated heterocycles. The minimum Gasteiger partial charge on any atom is -0.368 e. The van der Waals surface area contributed by atoms with Gasteiger partial charge in [0.05, 0.1) is 0 Å². The van der Waals surface area contributed by atoms with E-state index in [0.29, 0.717) is 5.56 Å². The Hall–Kier alpha value is -1.91. The molecule has 1 aromatic carbocycles. The molecule has 0 aliphatic heterocycles. The Morgan fingerprint density at radius 3 is 2.18 bits per heavy atom. The van der Waals surface area contributed by atoms with Crippen LogP contribution in [0.15, 0.2) is 24.3 Å². The van der Waals surface area contributed by atoms with Crippen molar-refractivity contribution in [2.75, 3.05) is 0 Å². The Morgan fingerprint density at radius 1 is 1.24 bits per heavy atom. The summed E-state index contributed by atoms with van der Waals surface area (Å²) >= 11 is 0. The first-order valence-corrected chi connectivity index (χ1v) is 5.27. The summed E-state index contributed by atoms with van der Waals surface area (Å²) in [5.74, 6) is -1.55. The molecule has 1 atom stereocenters. The fourth-order valence-corrected chi connectivity index (χ4v) is 1.39. The molecule has 0 saturated carbocycles. The van der Waals surface area contributed by atoms with Crippen LogP contribution >= 0.6 is 0 Å². The van der Waals surface area contributed by atoms with E-state index >= 15 is 0 Å². The predicted molar refractivity (Wildman–Crippen MR) is 61.7 cm³/mol. The lowest BCUT2D eigenvalue weighted by Gasteiger charge is -2.18. The maximum Gasteiger partial charge on any atom is 0.251 e. The molecule has 3 N–H and O–H groups in total. The Balaban J connectivity index is 2.77. The van der Waals surface area contributed by atoms with E-state index in [4.69, 9.17) is 5.73 Å². The molecule has 0 radical (unpaired) electrons. The van der Waals surface area contributed by atoms with Gasteiger partial charge in [0.15, 0.2) is 0 Å². The Kier molecular flexibility index (Phi) is 4.20. The molecule has 92 valence electrons. The van der Waals surface area contributed by atoms with Crippen LogP contribution in [0.2, 0.25) is 0 Å². The van der Waals surface area contributed by atoms with E-state index in [2.05, 4.69) is 5.32 Å². The molecule has 1 aromatic rings. The van der Waals surface area contributed by atoms with E-state index < -0.39 is 23.7 Å². The van der Waals surface area contributed by atoms with Crippen molar-refractivity contribution in [3.8, 4) is 0 Å². The van der Waals surface area contributed by atoms with Crippen LogP contribution < -0.4 is 11.1 Å². The first kappa shape index (κ1) is 13.2. The van der Waals surface area contributed by atoms with Crippen LogP contribution in [0.3, 0.4) is 0 Å². The van der Waals surface area contributed by atoms with Gasteiger partial charge in [0.25, 0.3) is 5.91 Å². The number of halogens is 1. The summed E-state index contributed by atoms with van der Waals surface area (Å²) in [5, 5.41) is 2.52. The van der Waals surface area contributed by atoms with Gasteiger partial charge < -0.3 is 11.1 Å². The first-order valence-electron chi connectivity index (χ1n) is 5.27. The highest BCUT2D eigenvalue weighted by molar-refractivity contribution is 5.97. The van der Waals surface area contributed by atoms with Gasteiger partial charge in [0.1, 0.15) is 11.9 Å². The molecule has 0 fully saturated rings. The molecule has 1 rings (SSSR count). The normalized spacial score (nSPS) is 12.2. The average molecular weight is 238 g/mol. The quantitative estimate of drug-likeness (QED) is 0.823. The van der Waals surface area contributed by atoms with Gasteiger partial charge >= 0.3 is 0 Å². The van der Waals surface area contributed by atoms with Gasteiger partial charge in [0.2, 0.25) is 5.91 Å². The number of carbonyl (C=O) groups is 2. The molecule has 4 nitrogen and oxygen atoms in total. The zero-order chi connectivity index (χ0) is 13.0. The second-order valence-corrected chi connectivity index (χ2v) is 4.10. The lowest BCUT2D eigenvalue weighted by Crippen LogP contribution is -2.47. The smallest absolute Gasteiger partial charge is 0.251 e. The number of rotatable bonds is 4. The summed E-state index contributed by atoms with van der Waals surface area (Å²) in [4.78, 5) is 22.8. The molecule has 0 spiro atoms. The molecule has 0 heterocycles. The van der Waals surface area contributed by atoms with E-state index in [-0.39, 0.29) is 5.92 Å². The molecule has 0 aliphatic rings. The van der Waals surface area contributed by atoms with Crippen LogP contribution in [0.5, 0.6) is 0 Å². The van der Waals surface area contributed by atoms with Crippen LogP contribution in [0.1, 0.15) is 24.2 Å². The fourth-order valence-electron chi connectivity index (χ4n) is 1.39. The summed E-state index contributed by atoms with van der Waals surface area (Å²) in [5.41, 5.74) is 5.46. The molecule has 0 bridgehead atoms. The van der Waals surface area contributed by atoms with Crippen molar-refractivity contribution in [3.63, 3.8) is 0 Å². The highest BCUT2D eigenvalue weighted by Gasteiger charge is 2.22. The van der Waals surface area contributed by atoms with Crippen molar-refractivity contribution >= 4 is 11.8 Å². The lowest BCUT2D eigenvalue weighted by atomic mass is 10.0. The third kappa shape index (κ3) is 3.55. The van der Waals surface area contributed by atoms with Crippen LogP contribution in [0.4, 0.5) is 4.39 Å². The molecule has 5 heteroatoms. The highest BCUT2D eigenvalue weighted by Crippen LogP contribution is 2.06. The third-order valence-corrected chi connectivity index (χ3v) is 2.37. The zero-order valence-corrected chi connectivity index (χ0v) is 9.74. The SMILES string of the molecule is CC(C)[C@H](NC(=O)c1ccc(F)cc1)C(N)=O. The van der Waals surface area contributed by atoms with Gasteiger partial charge in [-0.2, -0.15) is 0 Å². The molecule has 0 aliphatic carbocycles. The van der Waals surface area contributed by atoms with Crippen LogP contribution in [0, 0.1) is 11.7 Å². The maximum absolute atomic E-state index is 12.7. The largest absolute Gasteiger partial charge is 0.368 e. The van der Waals surface area contributed by atoms with Crippen molar-refractivity contribution < 1.29 is 14.0 Å². The number of hydrogen-bond acceptors (Lipinski definition) is 2. The van der Waals surface area contributed by atoms with Gasteiger partial charge in [-0.05, 0) is 30.2 Å². The summed E-state index contributed by atoms with van der Waals surface area (Å²) in [6.07, 6.45) is 0. The Bertz CT molecular complexity index is 415. The number of amides is 2. The minimum absolute atomic E-state index is 0.100. The summed E-state index contributed by atoms with van der Waals surface area (Å²) < 4.78 is 12.7. The lowest BCUT2D eigenvalue weighted by molar-refractivity contribution is -0.120. The second-order valence-electron chi connectivity index (χ2n) is 4.10. The Morgan fingerprint density at radius 2 is 1.76 bits per heavy atom. The highest BCUT2D eigenvalue weighted by atomic mass is 19.1. The predicted octanol–water partition coefficient (Wildman–Crippen LogP) is 1.07. The minimum atomic E-state index is -0.729. The van der Waals surface area contributed by atoms with Crippen molar-refractivity contribution in [1.29, 1.82) is 0 Å². The van der Waals surface area contributed by atoms with Gasteiger partial charge in [-0.3, -0.25) is 9.59 Å². The molecular formula is C12H15FN2O2. The average Bonchev–Trinajstić information content (AvgIpc) is 2.25. The molecular weight excluding hydrogens is 223 g/mol. The number of primary amides is 1. The van der Waals surface area contributed by atoms with E-state index in [0.717, 1.165) is 0 Å². The topological polar surface area (TPSA) is 72.2 Å². The fraction of sp³-hybridized carbons (Fsp3) is 0.333. The van der Waals surface area contributed by atoms with Crippen molar-refractivity contribution in [1.82, 2.24) is 5.32 Å². The van der Waals surface area contributed by atoms with E-state index in [1.54, 1.807) is 13.8 Å². The first-order chi connectivity index (χ1) is 7.91. The van der Waals surface area contributed by atoms with Crippen molar-refractivity contribution in [3.05, 3.63) is 35.6 Å². The molecule has 0 aromatic heterocycles. The summed E-state index contributed by atoms with van der Waals surface area (Å²) in [7, 11) is 0. The van der Waals surface area contributed by atoms with E-state index in [1.807, 2.05) is 0 Å². The van der Waals surface area contributed by atoms with Gasteiger partial charge in [-0.25, -0.2) is 4.39 Å². The van der Waals surface area contributed by atoms with Gasteiger partial charge in [-0.1, -0.05) is 13.8 Å². The molecule has 2 amide bonds. The number of benzene rings is 1. The number of hydrogen-bond donors (Lipinski definition) is 2. The van der Waals surface area contributed by atoms with E-state index in [1.165, 1.54) is 24.3 Å². The standard InChI is InChI=1S/C12H15FN2O2/c1-7(2)10(11(14)16)15-12(17)8-3-5-9(13)6-4-8/h3-7,10H,1-2H3,(H2,14,16)(H,15,17)/t10-/m0/s1. The van der Waals surface area contributed by atoms with Crippen LogP contribution in [0.25, 0.3) is 0 Å². The molecule has 0 unspecified atom stereocenters. The van der Waals surface area contributed by atoms with Crippen LogP contribution in [-0.4, -0.2) is 17.9 Å². The van der Waals surface area contributed by atoms with Gasteiger partial charge in [0, 0.05) is 5.56 Å². The number of nitrogens with one attached hydrogen (secondary N) is 1. The zero-order valence-electron chi connectivity index (χ0n) is 9.74. The van der Waals surface area contributed by atoms with E-state index in [9.17, 15) is 14.0 Å². The Labute approximate surface area is 99.0 Å². The monoisotopic (exact) mass is 238 g/mol. The second kappa shape index (κ2) is 5.43. The summed E-state index contributed by atoms with van der Waals surface area (Å²) in [6.45, 7) is 3.56. The molecule has 17 heavy (non-hydrogen) atoms. The van der Waals surface area contributed by atoms with Crippen LogP contribution in [-0.2, 0) is 4.79 Å². The number of nitrogens with two attached hydrogens (primary N) is 1. The summed E-state index contributed by atoms with van der Waals surface area (Å²) in [6, 6.07) is 4.34. The van der Waals surface area contributed by atoms with Gasteiger partial charge in [-0.15, -0.1) is 0 Å². The van der Waals surface area contributed by atoms with Crippen molar-refractivity contribution in [2.24, 2.45) is 11.7 Å². The number of carbonyl (C=O) groups excluding carboxylic acids is 2. The maximum atomic E-state index is 12.7.